The van der Waals surface area contributed by atoms with E-state index in [4.69, 9.17) is 10.00 Å². The lowest BCUT2D eigenvalue weighted by molar-refractivity contribution is 0.216. The molecule has 0 amide bonds. The summed E-state index contributed by atoms with van der Waals surface area (Å²) >= 11 is 0. The van der Waals surface area contributed by atoms with Gasteiger partial charge in [-0.3, -0.25) is 0 Å². The molecule has 1 aliphatic rings. The predicted molar refractivity (Wildman–Crippen MR) is 79.5 cm³/mol. The maximum Gasteiger partial charge on any atom is 0.174 e. The number of hydrogen-bond acceptors (Lipinski definition) is 4. The van der Waals surface area contributed by atoms with E-state index < -0.39 is 0 Å². The smallest absolute Gasteiger partial charge is 0.174 e. The van der Waals surface area contributed by atoms with Crippen LogP contribution in [-0.2, 0) is 6.54 Å². The maximum absolute atomic E-state index is 8.45. The average Bonchev–Trinajstić information content (AvgIpc) is 2.48. The molecule has 1 fully saturated rings. The van der Waals surface area contributed by atoms with Gasteiger partial charge in [0.1, 0.15) is 11.8 Å². The van der Waals surface area contributed by atoms with Gasteiger partial charge in [-0.25, -0.2) is 0 Å². The normalized spacial score (nSPS) is 16.8. The van der Waals surface area contributed by atoms with Crippen LogP contribution in [0.4, 0.5) is 0 Å². The number of rotatable bonds is 6. The lowest BCUT2D eigenvalue weighted by Crippen LogP contribution is -2.34. The Labute approximate surface area is 121 Å². The van der Waals surface area contributed by atoms with Gasteiger partial charge in [0.15, 0.2) is 6.61 Å². The number of ether oxygens (including phenoxy) is 1. The van der Waals surface area contributed by atoms with Gasteiger partial charge in [0, 0.05) is 6.54 Å². The summed E-state index contributed by atoms with van der Waals surface area (Å²) < 4.78 is 5.23. The fraction of sp³-hybridized carbons (Fsp3) is 0.562. The molecule has 1 saturated heterocycles. The highest BCUT2D eigenvalue weighted by Crippen LogP contribution is 2.15. The molecule has 2 rings (SSSR count). The monoisotopic (exact) mass is 273 g/mol. The van der Waals surface area contributed by atoms with Gasteiger partial charge in [-0.15, -0.1) is 0 Å². The highest BCUT2D eigenvalue weighted by atomic mass is 16.5. The first-order chi connectivity index (χ1) is 9.78. The first-order valence-electron chi connectivity index (χ1n) is 7.26. The van der Waals surface area contributed by atoms with E-state index in [1.54, 1.807) is 0 Å². The molecule has 1 N–H and O–H groups in total. The number of nitriles is 1. The highest BCUT2D eigenvalue weighted by molar-refractivity contribution is 5.27. The Kier molecular flexibility index (Phi) is 5.85. The van der Waals surface area contributed by atoms with Crippen molar-refractivity contribution in [3.63, 3.8) is 0 Å². The van der Waals surface area contributed by atoms with Crippen molar-refractivity contribution in [2.45, 2.75) is 19.4 Å². The molecule has 0 unspecified atom stereocenters. The van der Waals surface area contributed by atoms with Crippen molar-refractivity contribution in [2.75, 3.05) is 33.3 Å². The quantitative estimate of drug-likeness (QED) is 0.861. The number of nitrogens with one attached hydrogen (secondary N) is 1. The molecular formula is C16H23N3O. The van der Waals surface area contributed by atoms with Gasteiger partial charge < -0.3 is 15.0 Å². The number of hydrogen-bond donors (Lipinski definition) is 1. The van der Waals surface area contributed by atoms with Crippen LogP contribution in [0.3, 0.4) is 0 Å². The summed E-state index contributed by atoms with van der Waals surface area (Å²) in [5, 5.41) is 12.0. The van der Waals surface area contributed by atoms with Crippen molar-refractivity contribution in [2.24, 2.45) is 5.92 Å². The molecule has 108 valence electrons. The summed E-state index contributed by atoms with van der Waals surface area (Å²) in [5.74, 6) is 1.56. The molecule has 1 aromatic carbocycles. The van der Waals surface area contributed by atoms with Gasteiger partial charge >= 0.3 is 0 Å². The highest BCUT2D eigenvalue weighted by Gasteiger charge is 2.15. The van der Waals surface area contributed by atoms with E-state index in [0.29, 0.717) is 0 Å². The van der Waals surface area contributed by atoms with E-state index in [1.807, 2.05) is 30.3 Å². The van der Waals surface area contributed by atoms with E-state index in [0.717, 1.165) is 24.8 Å². The minimum atomic E-state index is 0.105. The Hall–Kier alpha value is -1.57. The van der Waals surface area contributed by atoms with Gasteiger partial charge in [0.05, 0.1) is 0 Å². The lowest BCUT2D eigenvalue weighted by Gasteiger charge is -2.29. The van der Waals surface area contributed by atoms with Gasteiger partial charge in [-0.1, -0.05) is 12.1 Å². The second-order valence-corrected chi connectivity index (χ2v) is 5.47. The molecule has 0 saturated carbocycles. The van der Waals surface area contributed by atoms with Crippen LogP contribution in [-0.4, -0.2) is 38.2 Å². The first kappa shape index (κ1) is 14.8. The summed E-state index contributed by atoms with van der Waals surface area (Å²) in [6.45, 7) is 4.54. The second-order valence-electron chi connectivity index (χ2n) is 5.47. The number of piperidine rings is 1. The zero-order valence-electron chi connectivity index (χ0n) is 12.1. The molecule has 0 aliphatic carbocycles. The summed E-state index contributed by atoms with van der Waals surface area (Å²) in [7, 11) is 2.19. The van der Waals surface area contributed by atoms with Crippen molar-refractivity contribution < 1.29 is 4.74 Å². The van der Waals surface area contributed by atoms with E-state index >= 15 is 0 Å². The molecule has 1 aliphatic heterocycles. The van der Waals surface area contributed by atoms with Crippen LogP contribution in [0.15, 0.2) is 24.3 Å². The van der Waals surface area contributed by atoms with Crippen LogP contribution < -0.4 is 10.1 Å². The largest absolute Gasteiger partial charge is 0.479 e. The molecule has 4 heteroatoms. The zero-order valence-corrected chi connectivity index (χ0v) is 12.1. The molecule has 1 heterocycles. The van der Waals surface area contributed by atoms with Crippen LogP contribution >= 0.6 is 0 Å². The minimum absolute atomic E-state index is 0.105. The fourth-order valence-electron chi connectivity index (χ4n) is 2.51. The summed E-state index contributed by atoms with van der Waals surface area (Å²) in [6.07, 6.45) is 2.59. The number of benzene rings is 1. The topological polar surface area (TPSA) is 48.3 Å². The lowest BCUT2D eigenvalue weighted by atomic mass is 9.97. The van der Waals surface area contributed by atoms with Gasteiger partial charge in [0.2, 0.25) is 0 Å². The van der Waals surface area contributed by atoms with Crippen molar-refractivity contribution in [3.8, 4) is 11.8 Å². The molecule has 1 aromatic rings. The van der Waals surface area contributed by atoms with Crippen molar-refractivity contribution in [3.05, 3.63) is 29.8 Å². The van der Waals surface area contributed by atoms with E-state index in [-0.39, 0.29) is 6.61 Å². The van der Waals surface area contributed by atoms with E-state index in [2.05, 4.69) is 17.3 Å². The van der Waals surface area contributed by atoms with Crippen molar-refractivity contribution >= 4 is 0 Å². The Balaban J connectivity index is 1.67. The maximum atomic E-state index is 8.45. The minimum Gasteiger partial charge on any atom is -0.479 e. The molecule has 0 spiro atoms. The molecule has 0 aromatic heterocycles. The third-order valence-corrected chi connectivity index (χ3v) is 3.83. The van der Waals surface area contributed by atoms with Crippen LogP contribution in [0.2, 0.25) is 0 Å². The van der Waals surface area contributed by atoms with E-state index in [1.165, 1.54) is 31.5 Å². The molecule has 20 heavy (non-hydrogen) atoms. The summed E-state index contributed by atoms with van der Waals surface area (Å²) in [4.78, 5) is 2.40. The SMILES string of the molecule is CN1CCC(CNCc2ccc(OCC#N)cc2)CC1. The molecular weight excluding hydrogens is 250 g/mol. The average molecular weight is 273 g/mol. The van der Waals surface area contributed by atoms with Gasteiger partial charge in [0.25, 0.3) is 0 Å². The predicted octanol–water partition coefficient (Wildman–Crippen LogP) is 2.02. The standard InChI is InChI=1S/C16H23N3O/c1-19-9-6-15(7-10-19)13-18-12-14-2-4-16(5-3-14)20-11-8-17/h2-5,15,18H,6-7,9-13H2,1H3. The molecule has 0 radical (unpaired) electrons. The first-order valence-corrected chi connectivity index (χ1v) is 7.26. The molecule has 0 atom stereocenters. The number of likely N-dealkylation sites (tertiary alicyclic amines) is 1. The summed E-state index contributed by atoms with van der Waals surface area (Å²) in [5.41, 5.74) is 1.25. The van der Waals surface area contributed by atoms with Gasteiger partial charge in [-0.2, -0.15) is 5.26 Å². The Morgan fingerprint density at radius 3 is 2.65 bits per heavy atom. The van der Waals surface area contributed by atoms with Crippen LogP contribution in [0, 0.1) is 17.2 Å². The Morgan fingerprint density at radius 1 is 1.30 bits per heavy atom. The van der Waals surface area contributed by atoms with Crippen LogP contribution in [0.5, 0.6) is 5.75 Å². The van der Waals surface area contributed by atoms with Gasteiger partial charge in [-0.05, 0) is 63.1 Å². The zero-order chi connectivity index (χ0) is 14.2. The van der Waals surface area contributed by atoms with Crippen LogP contribution in [0.25, 0.3) is 0 Å². The third kappa shape index (κ3) is 4.84. The van der Waals surface area contributed by atoms with Crippen molar-refractivity contribution in [1.29, 1.82) is 5.26 Å². The number of nitrogens with zero attached hydrogens (tertiary/aromatic N) is 2. The summed E-state index contributed by atoms with van der Waals surface area (Å²) in [6, 6.07) is 9.91. The third-order valence-electron chi connectivity index (χ3n) is 3.83. The van der Waals surface area contributed by atoms with Crippen LogP contribution in [0.1, 0.15) is 18.4 Å². The Bertz CT molecular complexity index is 430. The van der Waals surface area contributed by atoms with Crippen molar-refractivity contribution in [1.82, 2.24) is 10.2 Å². The second kappa shape index (κ2) is 7.88. The fourth-order valence-corrected chi connectivity index (χ4v) is 2.51. The Morgan fingerprint density at radius 2 is 2.00 bits per heavy atom. The molecule has 0 bridgehead atoms. The van der Waals surface area contributed by atoms with E-state index in [9.17, 15) is 0 Å². The molecule has 4 nitrogen and oxygen atoms in total.